The molecule has 28 heavy (non-hydrogen) atoms. The Morgan fingerprint density at radius 2 is 1.79 bits per heavy atom. The molecular formula is C19H21ClN2O4S2. The van der Waals surface area contributed by atoms with E-state index in [1.165, 1.54) is 28.2 Å². The van der Waals surface area contributed by atoms with Gasteiger partial charge in [-0.25, -0.2) is 8.42 Å². The SMILES string of the molecule is CC(Sc1ccccc1Cl)C(=O)Nc1ccc(S(=O)(=O)N2CCOCC2)cc1. The van der Waals surface area contributed by atoms with Crippen molar-refractivity contribution in [2.75, 3.05) is 31.6 Å². The Hall–Kier alpha value is -1.58. The van der Waals surface area contributed by atoms with Crippen molar-refractivity contribution in [1.29, 1.82) is 0 Å². The van der Waals surface area contributed by atoms with Gasteiger partial charge in [0.1, 0.15) is 0 Å². The van der Waals surface area contributed by atoms with Crippen LogP contribution in [0.2, 0.25) is 5.02 Å². The van der Waals surface area contributed by atoms with Crippen molar-refractivity contribution in [3.05, 3.63) is 53.6 Å². The Labute approximate surface area is 174 Å². The predicted octanol–water partition coefficient (Wildman–Crippen LogP) is 3.48. The number of amides is 1. The first-order valence-corrected chi connectivity index (χ1v) is 11.5. The van der Waals surface area contributed by atoms with Crippen molar-refractivity contribution in [2.24, 2.45) is 0 Å². The third-order valence-electron chi connectivity index (χ3n) is 4.24. The molecule has 0 saturated carbocycles. The van der Waals surface area contributed by atoms with Gasteiger partial charge in [0.25, 0.3) is 0 Å². The fourth-order valence-corrected chi connectivity index (χ4v) is 5.24. The minimum atomic E-state index is -3.55. The van der Waals surface area contributed by atoms with Gasteiger partial charge in [-0.3, -0.25) is 4.79 Å². The van der Waals surface area contributed by atoms with Gasteiger partial charge in [-0.15, -0.1) is 11.8 Å². The third-order valence-corrected chi connectivity index (χ3v) is 7.77. The van der Waals surface area contributed by atoms with Crippen LogP contribution in [-0.2, 0) is 19.6 Å². The number of rotatable bonds is 6. The number of sulfonamides is 1. The normalized spacial score (nSPS) is 16.5. The van der Waals surface area contributed by atoms with Crippen LogP contribution in [0.4, 0.5) is 5.69 Å². The van der Waals surface area contributed by atoms with E-state index < -0.39 is 10.0 Å². The second-order valence-electron chi connectivity index (χ2n) is 6.22. The van der Waals surface area contributed by atoms with E-state index in [0.717, 1.165) is 4.90 Å². The molecule has 1 aliphatic heterocycles. The predicted molar refractivity (Wildman–Crippen MR) is 111 cm³/mol. The zero-order chi connectivity index (χ0) is 20.1. The van der Waals surface area contributed by atoms with Crippen LogP contribution in [0.15, 0.2) is 58.3 Å². The van der Waals surface area contributed by atoms with E-state index in [2.05, 4.69) is 5.32 Å². The highest BCUT2D eigenvalue weighted by Gasteiger charge is 2.26. The number of anilines is 1. The molecule has 1 atom stereocenters. The van der Waals surface area contributed by atoms with Gasteiger partial charge in [-0.05, 0) is 43.3 Å². The number of thioether (sulfide) groups is 1. The summed E-state index contributed by atoms with van der Waals surface area (Å²) in [6.45, 7) is 3.28. The molecular weight excluding hydrogens is 420 g/mol. The highest BCUT2D eigenvalue weighted by atomic mass is 35.5. The van der Waals surface area contributed by atoms with Crippen LogP contribution in [0.1, 0.15) is 6.92 Å². The van der Waals surface area contributed by atoms with Crippen LogP contribution in [-0.4, -0.2) is 50.2 Å². The number of morpholine rings is 1. The number of benzene rings is 2. The van der Waals surface area contributed by atoms with Crippen molar-refractivity contribution < 1.29 is 17.9 Å². The van der Waals surface area contributed by atoms with Crippen molar-refractivity contribution in [2.45, 2.75) is 22.0 Å². The van der Waals surface area contributed by atoms with Gasteiger partial charge in [-0.2, -0.15) is 4.31 Å². The fourth-order valence-electron chi connectivity index (χ4n) is 2.67. The van der Waals surface area contributed by atoms with Gasteiger partial charge in [0, 0.05) is 23.7 Å². The molecule has 1 saturated heterocycles. The summed E-state index contributed by atoms with van der Waals surface area (Å²) in [7, 11) is -3.55. The van der Waals surface area contributed by atoms with Gasteiger partial charge in [0.15, 0.2) is 0 Å². The van der Waals surface area contributed by atoms with Crippen LogP contribution < -0.4 is 5.32 Å². The third kappa shape index (κ3) is 5.07. The molecule has 0 bridgehead atoms. The van der Waals surface area contributed by atoms with E-state index in [1.807, 2.05) is 18.2 Å². The smallest absolute Gasteiger partial charge is 0.243 e. The van der Waals surface area contributed by atoms with Gasteiger partial charge in [0.05, 0.1) is 28.4 Å². The minimum absolute atomic E-state index is 0.186. The number of ether oxygens (including phenoxy) is 1. The van der Waals surface area contributed by atoms with Crippen molar-refractivity contribution >= 4 is 45.0 Å². The number of hydrogen-bond donors (Lipinski definition) is 1. The lowest BCUT2D eigenvalue weighted by atomic mass is 10.3. The second-order valence-corrected chi connectivity index (χ2v) is 9.95. The highest BCUT2D eigenvalue weighted by molar-refractivity contribution is 8.00. The molecule has 9 heteroatoms. The molecule has 1 heterocycles. The van der Waals surface area contributed by atoms with Crippen LogP contribution in [0.25, 0.3) is 0 Å². The Balaban J connectivity index is 1.63. The van der Waals surface area contributed by atoms with E-state index >= 15 is 0 Å². The minimum Gasteiger partial charge on any atom is -0.379 e. The molecule has 1 aliphatic rings. The summed E-state index contributed by atoms with van der Waals surface area (Å²) in [5.41, 5.74) is 0.539. The van der Waals surface area contributed by atoms with Gasteiger partial charge in [-0.1, -0.05) is 23.7 Å². The molecule has 0 aromatic heterocycles. The summed E-state index contributed by atoms with van der Waals surface area (Å²) >= 11 is 7.50. The number of nitrogens with one attached hydrogen (secondary N) is 1. The first-order chi connectivity index (χ1) is 13.4. The molecule has 1 N–H and O–H groups in total. The molecule has 3 rings (SSSR count). The van der Waals surface area contributed by atoms with Crippen molar-refractivity contribution in [1.82, 2.24) is 4.31 Å². The van der Waals surface area contributed by atoms with Crippen LogP contribution in [0.5, 0.6) is 0 Å². The fraction of sp³-hybridized carbons (Fsp3) is 0.316. The van der Waals surface area contributed by atoms with Crippen LogP contribution in [0, 0.1) is 0 Å². The van der Waals surface area contributed by atoms with Crippen molar-refractivity contribution in [3.8, 4) is 0 Å². The Morgan fingerprint density at radius 3 is 2.43 bits per heavy atom. The van der Waals surface area contributed by atoms with Crippen molar-refractivity contribution in [3.63, 3.8) is 0 Å². The zero-order valence-electron chi connectivity index (χ0n) is 15.3. The first kappa shape index (κ1) is 21.1. The number of halogens is 1. The standard InChI is InChI=1S/C19H21ClN2O4S2/c1-14(27-18-5-3-2-4-17(18)20)19(23)21-15-6-8-16(9-7-15)28(24,25)22-10-12-26-13-11-22/h2-9,14H,10-13H2,1H3,(H,21,23). The largest absolute Gasteiger partial charge is 0.379 e. The summed E-state index contributed by atoms with van der Waals surface area (Å²) in [6, 6.07) is 13.6. The van der Waals surface area contributed by atoms with Gasteiger partial charge >= 0.3 is 0 Å². The van der Waals surface area contributed by atoms with E-state index in [9.17, 15) is 13.2 Å². The maximum Gasteiger partial charge on any atom is 0.243 e. The Bertz CT molecular complexity index is 929. The molecule has 150 valence electrons. The topological polar surface area (TPSA) is 75.7 Å². The molecule has 2 aromatic carbocycles. The summed E-state index contributed by atoms with van der Waals surface area (Å²) in [4.78, 5) is 13.5. The van der Waals surface area contributed by atoms with Crippen LogP contribution in [0.3, 0.4) is 0 Å². The lowest BCUT2D eigenvalue weighted by Crippen LogP contribution is -2.40. The molecule has 1 unspecified atom stereocenters. The quantitative estimate of drug-likeness (QED) is 0.696. The summed E-state index contributed by atoms with van der Waals surface area (Å²) in [5, 5.41) is 3.05. The average molecular weight is 441 g/mol. The van der Waals surface area contributed by atoms with E-state index in [4.69, 9.17) is 16.3 Å². The summed E-state index contributed by atoms with van der Waals surface area (Å²) < 4.78 is 31.9. The van der Waals surface area contributed by atoms with Crippen LogP contribution >= 0.6 is 23.4 Å². The average Bonchev–Trinajstić information content (AvgIpc) is 2.70. The zero-order valence-corrected chi connectivity index (χ0v) is 17.7. The maximum absolute atomic E-state index is 12.6. The number of carbonyl (C=O) groups excluding carboxylic acids is 1. The number of nitrogens with zero attached hydrogens (tertiary/aromatic N) is 1. The van der Waals surface area contributed by atoms with Gasteiger partial charge in [0.2, 0.25) is 15.9 Å². The molecule has 0 aliphatic carbocycles. The molecule has 0 radical (unpaired) electrons. The molecule has 1 amide bonds. The summed E-state index contributed by atoms with van der Waals surface area (Å²) in [6.07, 6.45) is 0. The Kier molecular flexibility index (Phi) is 7.00. The summed E-state index contributed by atoms with van der Waals surface area (Å²) in [5.74, 6) is -0.186. The van der Waals surface area contributed by atoms with Gasteiger partial charge < -0.3 is 10.1 Å². The number of hydrogen-bond acceptors (Lipinski definition) is 5. The molecule has 6 nitrogen and oxygen atoms in total. The lowest BCUT2D eigenvalue weighted by molar-refractivity contribution is -0.115. The first-order valence-electron chi connectivity index (χ1n) is 8.78. The Morgan fingerprint density at radius 1 is 1.14 bits per heavy atom. The monoisotopic (exact) mass is 440 g/mol. The highest BCUT2D eigenvalue weighted by Crippen LogP contribution is 2.30. The second kappa shape index (κ2) is 9.28. The molecule has 2 aromatic rings. The molecule has 1 fully saturated rings. The number of carbonyl (C=O) groups is 1. The lowest BCUT2D eigenvalue weighted by Gasteiger charge is -2.26. The van der Waals surface area contributed by atoms with E-state index in [-0.39, 0.29) is 16.1 Å². The molecule has 0 spiro atoms. The maximum atomic E-state index is 12.6. The van der Waals surface area contributed by atoms with E-state index in [0.29, 0.717) is 37.0 Å². The van der Waals surface area contributed by atoms with E-state index in [1.54, 1.807) is 25.1 Å².